The summed E-state index contributed by atoms with van der Waals surface area (Å²) >= 11 is 1.37. The summed E-state index contributed by atoms with van der Waals surface area (Å²) in [6.07, 6.45) is 10.6. The van der Waals surface area contributed by atoms with Gasteiger partial charge in [0.15, 0.2) is 5.16 Å². The van der Waals surface area contributed by atoms with Crippen molar-refractivity contribution < 1.29 is 14.3 Å². The topological polar surface area (TPSA) is 86.1 Å². The summed E-state index contributed by atoms with van der Waals surface area (Å²) in [5, 5.41) is 12.3. The van der Waals surface area contributed by atoms with Crippen LogP contribution in [0.2, 0.25) is 0 Å². The van der Waals surface area contributed by atoms with E-state index in [0.717, 1.165) is 29.7 Å². The molecule has 0 spiro atoms. The van der Waals surface area contributed by atoms with Gasteiger partial charge in [0.25, 0.3) is 0 Å². The zero-order valence-electron chi connectivity index (χ0n) is 18.7. The van der Waals surface area contributed by atoms with Gasteiger partial charge in [-0.15, -0.1) is 16.8 Å². The summed E-state index contributed by atoms with van der Waals surface area (Å²) < 4.78 is 7.03. The van der Waals surface area contributed by atoms with Crippen molar-refractivity contribution in [2.45, 2.75) is 63.6 Å². The molecule has 3 rings (SSSR count). The third-order valence-corrected chi connectivity index (χ3v) is 6.58. The monoisotopic (exact) mass is 456 g/mol. The fourth-order valence-corrected chi connectivity index (χ4v) is 4.73. The van der Waals surface area contributed by atoms with Crippen LogP contribution >= 0.6 is 11.8 Å². The van der Waals surface area contributed by atoms with Gasteiger partial charge in [-0.05, 0) is 43.5 Å². The van der Waals surface area contributed by atoms with E-state index in [1.807, 2.05) is 6.08 Å². The minimum atomic E-state index is -0.373. The highest BCUT2D eigenvalue weighted by Crippen LogP contribution is 2.28. The second-order valence-electron chi connectivity index (χ2n) is 7.98. The Labute approximate surface area is 194 Å². The second kappa shape index (κ2) is 12.4. The number of aromatic nitrogens is 3. The first-order valence-electron chi connectivity index (χ1n) is 11.3. The number of hydrogen-bond donors (Lipinski definition) is 1. The molecule has 1 amide bonds. The number of ether oxygens (including phenoxy) is 1. The van der Waals surface area contributed by atoms with Crippen molar-refractivity contribution >= 4 is 29.3 Å². The van der Waals surface area contributed by atoms with E-state index in [1.165, 1.54) is 43.9 Å². The Balaban J connectivity index is 1.52. The van der Waals surface area contributed by atoms with Crippen LogP contribution in [0.5, 0.6) is 0 Å². The van der Waals surface area contributed by atoms with E-state index in [9.17, 15) is 9.59 Å². The number of aryl methyl sites for hydroxylation is 1. The van der Waals surface area contributed by atoms with Crippen molar-refractivity contribution in [1.82, 2.24) is 14.8 Å². The Hall–Kier alpha value is -2.61. The first-order chi connectivity index (χ1) is 15.6. The first kappa shape index (κ1) is 24.0. The van der Waals surface area contributed by atoms with Crippen LogP contribution in [0.4, 0.5) is 5.69 Å². The van der Waals surface area contributed by atoms with Crippen LogP contribution in [-0.2, 0) is 22.5 Å². The zero-order chi connectivity index (χ0) is 22.8. The van der Waals surface area contributed by atoms with Gasteiger partial charge in [0, 0.05) is 18.7 Å². The SMILES string of the molecule is C=CCn1c(CCC2CCCCC2)nnc1SCC(=O)Nc1ccc(C(=O)OCC)cc1. The van der Waals surface area contributed by atoms with Crippen LogP contribution in [0.15, 0.2) is 42.1 Å². The maximum absolute atomic E-state index is 12.4. The number of nitrogens with one attached hydrogen (secondary N) is 1. The number of allylic oxidation sites excluding steroid dienone is 1. The van der Waals surface area contributed by atoms with Gasteiger partial charge < -0.3 is 14.6 Å². The molecule has 172 valence electrons. The lowest BCUT2D eigenvalue weighted by atomic mass is 9.86. The van der Waals surface area contributed by atoms with Crippen LogP contribution in [0.1, 0.15) is 61.6 Å². The van der Waals surface area contributed by atoms with E-state index in [-0.39, 0.29) is 17.6 Å². The lowest BCUT2D eigenvalue weighted by Crippen LogP contribution is -2.15. The van der Waals surface area contributed by atoms with Crippen LogP contribution in [-0.4, -0.2) is 39.0 Å². The third-order valence-electron chi connectivity index (χ3n) is 5.62. The highest BCUT2D eigenvalue weighted by molar-refractivity contribution is 7.99. The summed E-state index contributed by atoms with van der Waals surface area (Å²) in [7, 11) is 0. The van der Waals surface area contributed by atoms with Crippen molar-refractivity contribution in [1.29, 1.82) is 0 Å². The fraction of sp³-hybridized carbons (Fsp3) is 0.500. The van der Waals surface area contributed by atoms with Gasteiger partial charge in [0.1, 0.15) is 5.82 Å². The molecule has 32 heavy (non-hydrogen) atoms. The normalized spacial score (nSPS) is 14.2. The number of esters is 1. The Morgan fingerprint density at radius 3 is 2.66 bits per heavy atom. The van der Waals surface area contributed by atoms with Gasteiger partial charge in [-0.2, -0.15) is 0 Å². The molecule has 0 atom stereocenters. The third kappa shape index (κ3) is 6.95. The molecule has 2 aromatic rings. The van der Waals surface area contributed by atoms with Gasteiger partial charge in [-0.3, -0.25) is 4.79 Å². The average molecular weight is 457 g/mol. The molecule has 1 N–H and O–H groups in total. The number of thioether (sulfide) groups is 1. The predicted octanol–water partition coefficient (Wildman–Crippen LogP) is 4.88. The number of amides is 1. The molecule has 1 saturated carbocycles. The molecule has 1 fully saturated rings. The number of nitrogens with zero attached hydrogens (tertiary/aromatic N) is 3. The summed E-state index contributed by atoms with van der Waals surface area (Å²) in [6.45, 7) is 6.57. The molecule has 8 heteroatoms. The molecule has 1 aromatic carbocycles. The lowest BCUT2D eigenvalue weighted by molar-refractivity contribution is -0.113. The van der Waals surface area contributed by atoms with E-state index in [2.05, 4.69) is 26.7 Å². The molecule has 0 unspecified atom stereocenters. The van der Waals surface area contributed by atoms with Crippen LogP contribution < -0.4 is 5.32 Å². The van der Waals surface area contributed by atoms with Crippen molar-refractivity contribution in [3.8, 4) is 0 Å². The van der Waals surface area contributed by atoms with Crippen LogP contribution in [0.25, 0.3) is 0 Å². The molecular weight excluding hydrogens is 424 g/mol. The van der Waals surface area contributed by atoms with E-state index in [0.29, 0.717) is 24.4 Å². The fourth-order valence-electron chi connectivity index (χ4n) is 3.96. The Kier molecular flexibility index (Phi) is 9.34. The van der Waals surface area contributed by atoms with Crippen molar-refractivity contribution in [2.24, 2.45) is 5.92 Å². The number of carbonyl (C=O) groups excluding carboxylic acids is 2. The maximum Gasteiger partial charge on any atom is 0.338 e. The summed E-state index contributed by atoms with van der Waals surface area (Å²) in [5.41, 5.74) is 1.09. The molecule has 1 aromatic heterocycles. The minimum Gasteiger partial charge on any atom is -0.462 e. The summed E-state index contributed by atoms with van der Waals surface area (Å²) in [4.78, 5) is 24.1. The highest BCUT2D eigenvalue weighted by Gasteiger charge is 2.17. The zero-order valence-corrected chi connectivity index (χ0v) is 19.5. The van der Waals surface area contributed by atoms with Gasteiger partial charge in [0.05, 0.1) is 17.9 Å². The van der Waals surface area contributed by atoms with E-state index >= 15 is 0 Å². The molecule has 0 aliphatic heterocycles. The smallest absolute Gasteiger partial charge is 0.338 e. The van der Waals surface area contributed by atoms with Crippen LogP contribution in [0.3, 0.4) is 0 Å². The van der Waals surface area contributed by atoms with Crippen molar-refractivity contribution in [3.05, 3.63) is 48.3 Å². The molecule has 1 aliphatic carbocycles. The minimum absolute atomic E-state index is 0.143. The average Bonchev–Trinajstić information content (AvgIpc) is 3.19. The Morgan fingerprint density at radius 1 is 1.22 bits per heavy atom. The van der Waals surface area contributed by atoms with E-state index < -0.39 is 0 Å². The molecule has 0 saturated heterocycles. The van der Waals surface area contributed by atoms with E-state index in [4.69, 9.17) is 4.74 Å². The summed E-state index contributed by atoms with van der Waals surface area (Å²) in [5.74, 6) is 1.46. The Bertz CT molecular complexity index is 904. The summed E-state index contributed by atoms with van der Waals surface area (Å²) in [6, 6.07) is 6.66. The standard InChI is InChI=1S/C24H32N4O3S/c1-3-16-28-21(15-10-18-8-6-5-7-9-18)26-27-24(28)32-17-22(29)25-20-13-11-19(12-14-20)23(30)31-4-2/h3,11-14,18H,1,4-10,15-17H2,2H3,(H,25,29). The number of carbonyl (C=O) groups is 2. The van der Waals surface area contributed by atoms with Gasteiger partial charge in [0.2, 0.25) is 5.91 Å². The second-order valence-corrected chi connectivity index (χ2v) is 8.92. The quantitative estimate of drug-likeness (QED) is 0.294. The van der Waals surface area contributed by atoms with Crippen molar-refractivity contribution in [3.63, 3.8) is 0 Å². The van der Waals surface area contributed by atoms with Gasteiger partial charge >= 0.3 is 5.97 Å². The molecule has 0 radical (unpaired) electrons. The Morgan fingerprint density at radius 2 is 1.97 bits per heavy atom. The van der Waals surface area contributed by atoms with Crippen molar-refractivity contribution in [2.75, 3.05) is 17.7 Å². The molecule has 0 bridgehead atoms. The van der Waals surface area contributed by atoms with Gasteiger partial charge in [-0.25, -0.2) is 4.79 Å². The predicted molar refractivity (Wildman–Crippen MR) is 127 cm³/mol. The van der Waals surface area contributed by atoms with Gasteiger partial charge in [-0.1, -0.05) is 49.9 Å². The number of benzene rings is 1. The molecule has 1 heterocycles. The number of anilines is 1. The van der Waals surface area contributed by atoms with Crippen LogP contribution in [0, 0.1) is 5.92 Å². The lowest BCUT2D eigenvalue weighted by Gasteiger charge is -2.21. The molecule has 1 aliphatic rings. The molecular formula is C24H32N4O3S. The van der Waals surface area contributed by atoms with E-state index in [1.54, 1.807) is 31.2 Å². The number of hydrogen-bond acceptors (Lipinski definition) is 6. The first-order valence-corrected chi connectivity index (χ1v) is 12.3. The number of rotatable bonds is 11. The molecule has 7 nitrogen and oxygen atoms in total. The maximum atomic E-state index is 12.4. The highest BCUT2D eigenvalue weighted by atomic mass is 32.2. The largest absolute Gasteiger partial charge is 0.462 e.